The van der Waals surface area contributed by atoms with Crippen LogP contribution in [0.5, 0.6) is 5.75 Å². The Labute approximate surface area is 237 Å². The van der Waals surface area contributed by atoms with Crippen molar-refractivity contribution in [2.75, 3.05) is 12.0 Å². The number of aromatic nitrogens is 1. The molecule has 0 spiro atoms. The third-order valence-corrected chi connectivity index (χ3v) is 8.96. The van der Waals surface area contributed by atoms with E-state index in [4.69, 9.17) is 9.72 Å². The Morgan fingerprint density at radius 1 is 1.00 bits per heavy atom. The SMILES string of the molecule is COc1cccc(C(=O)N(C2CCCCC2)C2CC(=O)N(c3ccc(-c4nc5ccc(C)cc5s4)cc3)C2=O)c1. The number of benzene rings is 3. The number of thiazole rings is 1. The topological polar surface area (TPSA) is 79.8 Å². The molecule has 3 amide bonds. The Bertz CT molecular complexity index is 1590. The van der Waals surface area contributed by atoms with Crippen LogP contribution in [0.15, 0.2) is 66.7 Å². The fourth-order valence-electron chi connectivity index (χ4n) is 5.84. The van der Waals surface area contributed by atoms with Gasteiger partial charge in [-0.25, -0.2) is 9.88 Å². The zero-order chi connectivity index (χ0) is 27.8. The van der Waals surface area contributed by atoms with Gasteiger partial charge >= 0.3 is 0 Å². The van der Waals surface area contributed by atoms with E-state index in [-0.39, 0.29) is 30.2 Å². The Kier molecular flexibility index (Phi) is 7.11. The highest BCUT2D eigenvalue weighted by molar-refractivity contribution is 7.21. The van der Waals surface area contributed by atoms with Crippen molar-refractivity contribution < 1.29 is 19.1 Å². The van der Waals surface area contributed by atoms with E-state index >= 15 is 0 Å². The molecule has 1 atom stereocenters. The number of aryl methyl sites for hydroxylation is 1. The van der Waals surface area contributed by atoms with Gasteiger partial charge in [-0.05, 0) is 79.9 Å². The van der Waals surface area contributed by atoms with Crippen molar-refractivity contribution in [1.82, 2.24) is 9.88 Å². The van der Waals surface area contributed by atoms with Crippen LogP contribution in [-0.4, -0.2) is 46.8 Å². The molecule has 1 aliphatic heterocycles. The molecule has 0 bridgehead atoms. The van der Waals surface area contributed by atoms with Gasteiger partial charge in [-0.15, -0.1) is 11.3 Å². The number of ether oxygens (including phenoxy) is 1. The van der Waals surface area contributed by atoms with Crippen LogP contribution in [0.1, 0.15) is 54.4 Å². The summed E-state index contributed by atoms with van der Waals surface area (Å²) in [6, 6.07) is 19.6. The average molecular weight is 554 g/mol. The smallest absolute Gasteiger partial charge is 0.257 e. The van der Waals surface area contributed by atoms with Crippen LogP contribution in [0, 0.1) is 6.92 Å². The fraction of sp³-hybridized carbons (Fsp3) is 0.312. The first-order chi connectivity index (χ1) is 19.4. The van der Waals surface area contributed by atoms with Crippen LogP contribution in [-0.2, 0) is 9.59 Å². The maximum absolute atomic E-state index is 13.9. The number of amides is 3. The van der Waals surface area contributed by atoms with Gasteiger partial charge in [-0.3, -0.25) is 14.4 Å². The Morgan fingerprint density at radius 3 is 2.52 bits per heavy atom. The molecule has 40 heavy (non-hydrogen) atoms. The highest BCUT2D eigenvalue weighted by Crippen LogP contribution is 2.35. The van der Waals surface area contributed by atoms with E-state index in [1.165, 1.54) is 10.5 Å². The molecule has 3 aromatic carbocycles. The molecule has 1 saturated carbocycles. The van der Waals surface area contributed by atoms with Crippen molar-refractivity contribution in [2.24, 2.45) is 0 Å². The maximum atomic E-state index is 13.9. The summed E-state index contributed by atoms with van der Waals surface area (Å²) in [5.41, 5.74) is 4.03. The maximum Gasteiger partial charge on any atom is 0.257 e. The normalized spacial score (nSPS) is 17.9. The van der Waals surface area contributed by atoms with Crippen LogP contribution >= 0.6 is 11.3 Å². The van der Waals surface area contributed by atoms with Gasteiger partial charge in [0.05, 0.1) is 29.4 Å². The number of hydrogen-bond donors (Lipinski definition) is 0. The van der Waals surface area contributed by atoms with Gasteiger partial charge in [-0.1, -0.05) is 31.4 Å². The van der Waals surface area contributed by atoms with Crippen LogP contribution < -0.4 is 9.64 Å². The summed E-state index contributed by atoms with van der Waals surface area (Å²) in [4.78, 5) is 48.7. The Morgan fingerprint density at radius 2 is 1.77 bits per heavy atom. The lowest BCUT2D eigenvalue weighted by atomic mass is 9.92. The monoisotopic (exact) mass is 553 g/mol. The first kappa shape index (κ1) is 26.2. The second-order valence-corrected chi connectivity index (χ2v) is 11.6. The summed E-state index contributed by atoms with van der Waals surface area (Å²) in [5.74, 6) is -0.305. The molecule has 1 unspecified atom stereocenters. The first-order valence-corrected chi connectivity index (χ1v) is 14.6. The molecule has 204 valence electrons. The predicted molar refractivity (Wildman–Crippen MR) is 157 cm³/mol. The highest BCUT2D eigenvalue weighted by atomic mass is 32.1. The minimum atomic E-state index is -0.832. The molecule has 0 N–H and O–H groups in total. The number of rotatable bonds is 6. The van der Waals surface area contributed by atoms with Crippen LogP contribution in [0.25, 0.3) is 20.8 Å². The molecule has 8 heteroatoms. The summed E-state index contributed by atoms with van der Waals surface area (Å²) in [5, 5.41) is 0.886. The van der Waals surface area contributed by atoms with Crippen molar-refractivity contribution in [3.8, 4) is 16.3 Å². The molecule has 2 aliphatic rings. The van der Waals surface area contributed by atoms with E-state index in [0.717, 1.165) is 52.9 Å². The van der Waals surface area contributed by atoms with Gasteiger partial charge in [0, 0.05) is 17.2 Å². The Hall–Kier alpha value is -4.04. The fourth-order valence-corrected chi connectivity index (χ4v) is 6.91. The van der Waals surface area contributed by atoms with Gasteiger partial charge in [0.15, 0.2) is 0 Å². The molecule has 2 heterocycles. The molecule has 4 aromatic rings. The Balaban J connectivity index is 1.28. The predicted octanol–water partition coefficient (Wildman–Crippen LogP) is 6.39. The van der Waals surface area contributed by atoms with Crippen molar-refractivity contribution in [3.05, 3.63) is 77.9 Å². The molecular weight excluding hydrogens is 522 g/mol. The number of carbonyl (C=O) groups excluding carboxylic acids is 3. The summed E-state index contributed by atoms with van der Waals surface area (Å²) in [6.07, 6.45) is 4.73. The quantitative estimate of drug-likeness (QED) is 0.259. The van der Waals surface area contributed by atoms with Crippen molar-refractivity contribution in [2.45, 2.75) is 57.5 Å². The number of imide groups is 1. The van der Waals surface area contributed by atoms with Gasteiger partial charge in [0.25, 0.3) is 11.8 Å². The molecule has 2 fully saturated rings. The van der Waals surface area contributed by atoms with Gasteiger partial charge < -0.3 is 9.64 Å². The van der Waals surface area contributed by atoms with E-state index in [1.807, 2.05) is 24.3 Å². The number of nitrogens with zero attached hydrogens (tertiary/aromatic N) is 3. The lowest BCUT2D eigenvalue weighted by molar-refractivity contribution is -0.123. The third kappa shape index (κ3) is 4.88. The van der Waals surface area contributed by atoms with Gasteiger partial charge in [0.2, 0.25) is 5.91 Å². The molecule has 6 rings (SSSR count). The van der Waals surface area contributed by atoms with Crippen LogP contribution in [0.4, 0.5) is 5.69 Å². The molecule has 7 nitrogen and oxygen atoms in total. The summed E-state index contributed by atoms with van der Waals surface area (Å²) >= 11 is 1.62. The van der Waals surface area contributed by atoms with E-state index in [9.17, 15) is 14.4 Å². The second kappa shape index (κ2) is 10.8. The second-order valence-electron chi connectivity index (χ2n) is 10.6. The standard InChI is InChI=1S/C32H31N3O4S/c1-20-11-16-26-28(17-20)40-30(33-26)21-12-14-24(15-13-21)35-29(36)19-27(32(35)38)34(23-8-4-3-5-9-23)31(37)22-7-6-10-25(18-22)39-2/h6-7,10-18,23,27H,3-5,8-9,19H2,1-2H3. The zero-order valence-corrected chi connectivity index (χ0v) is 23.4. The van der Waals surface area contributed by atoms with Gasteiger partial charge in [0.1, 0.15) is 16.8 Å². The lowest BCUT2D eigenvalue weighted by Gasteiger charge is -2.37. The number of carbonyl (C=O) groups is 3. The first-order valence-electron chi connectivity index (χ1n) is 13.7. The number of anilines is 1. The van der Waals surface area contributed by atoms with E-state index in [1.54, 1.807) is 59.7 Å². The number of hydrogen-bond acceptors (Lipinski definition) is 6. The summed E-state index contributed by atoms with van der Waals surface area (Å²) in [6.45, 7) is 2.06. The molecule has 1 saturated heterocycles. The third-order valence-electron chi connectivity index (χ3n) is 7.89. The average Bonchev–Trinajstić information content (AvgIpc) is 3.53. The minimum Gasteiger partial charge on any atom is -0.497 e. The van der Waals surface area contributed by atoms with Gasteiger partial charge in [-0.2, -0.15) is 0 Å². The van der Waals surface area contributed by atoms with E-state index in [2.05, 4.69) is 13.0 Å². The van der Waals surface area contributed by atoms with Crippen molar-refractivity contribution >= 4 is 45.0 Å². The van der Waals surface area contributed by atoms with Crippen LogP contribution in [0.3, 0.4) is 0 Å². The highest BCUT2D eigenvalue weighted by Gasteiger charge is 2.46. The van der Waals surface area contributed by atoms with E-state index in [0.29, 0.717) is 17.0 Å². The summed E-state index contributed by atoms with van der Waals surface area (Å²) < 4.78 is 6.45. The van der Waals surface area contributed by atoms with Crippen molar-refractivity contribution in [1.29, 1.82) is 0 Å². The largest absolute Gasteiger partial charge is 0.497 e. The number of fused-ring (bicyclic) bond motifs is 1. The molecular formula is C32H31N3O4S. The minimum absolute atomic E-state index is 0.0238. The van der Waals surface area contributed by atoms with E-state index < -0.39 is 6.04 Å². The molecule has 1 aromatic heterocycles. The summed E-state index contributed by atoms with van der Waals surface area (Å²) in [7, 11) is 1.56. The lowest BCUT2D eigenvalue weighted by Crippen LogP contribution is -2.51. The molecule has 1 aliphatic carbocycles. The van der Waals surface area contributed by atoms with Crippen LogP contribution in [0.2, 0.25) is 0 Å². The number of methoxy groups -OCH3 is 1. The zero-order valence-electron chi connectivity index (χ0n) is 22.6. The molecule has 0 radical (unpaired) electrons. The van der Waals surface area contributed by atoms with Crippen molar-refractivity contribution in [3.63, 3.8) is 0 Å².